The second-order valence-electron chi connectivity index (χ2n) is 10.2. The fourth-order valence-electron chi connectivity index (χ4n) is 5.41. The molecular formula is C27H28ClF3N6OS. The highest BCUT2D eigenvalue weighted by atomic mass is 35.5. The van der Waals surface area contributed by atoms with Crippen LogP contribution in [0.2, 0.25) is 5.02 Å². The van der Waals surface area contributed by atoms with Crippen LogP contribution in [0.3, 0.4) is 0 Å². The van der Waals surface area contributed by atoms with Crippen molar-refractivity contribution in [3.63, 3.8) is 0 Å². The molecule has 2 aromatic carbocycles. The number of hydrogen-bond acceptors (Lipinski definition) is 8. The zero-order valence-electron chi connectivity index (χ0n) is 21.6. The normalized spacial score (nSPS) is 20.2. The number of rotatable bonds is 5. The molecule has 0 radical (unpaired) electrons. The van der Waals surface area contributed by atoms with Crippen molar-refractivity contribution in [2.75, 3.05) is 51.3 Å². The molecule has 1 atom stereocenters. The molecule has 2 aliphatic rings. The van der Waals surface area contributed by atoms with Crippen molar-refractivity contribution in [1.29, 1.82) is 0 Å². The summed E-state index contributed by atoms with van der Waals surface area (Å²) in [7, 11) is 2.02. The molecule has 0 bridgehead atoms. The van der Waals surface area contributed by atoms with Gasteiger partial charge in [0.05, 0.1) is 33.3 Å². The van der Waals surface area contributed by atoms with Gasteiger partial charge in [-0.2, -0.15) is 9.97 Å². The zero-order chi connectivity index (χ0) is 27.3. The van der Waals surface area contributed by atoms with Crippen LogP contribution in [0.1, 0.15) is 17.8 Å². The largest absolute Gasteiger partial charge is 0.462 e. The number of thiazole rings is 1. The van der Waals surface area contributed by atoms with Gasteiger partial charge in [-0.3, -0.25) is 0 Å². The van der Waals surface area contributed by atoms with Crippen molar-refractivity contribution in [2.45, 2.75) is 31.7 Å². The molecule has 2 aliphatic heterocycles. The lowest BCUT2D eigenvalue weighted by Gasteiger charge is -2.26. The third-order valence-corrected chi connectivity index (χ3v) is 8.61. The van der Waals surface area contributed by atoms with E-state index in [1.54, 1.807) is 12.1 Å². The first-order chi connectivity index (χ1) is 18.7. The van der Waals surface area contributed by atoms with E-state index in [0.29, 0.717) is 24.2 Å². The maximum Gasteiger partial charge on any atom is 0.319 e. The van der Waals surface area contributed by atoms with E-state index in [0.717, 1.165) is 29.1 Å². The van der Waals surface area contributed by atoms with Crippen LogP contribution >= 0.6 is 22.9 Å². The van der Waals surface area contributed by atoms with Crippen LogP contribution < -0.4 is 15.0 Å². The van der Waals surface area contributed by atoms with E-state index in [2.05, 4.69) is 25.2 Å². The summed E-state index contributed by atoms with van der Waals surface area (Å²) in [6.07, 6.45) is 2.02. The van der Waals surface area contributed by atoms with Crippen LogP contribution in [0.25, 0.3) is 32.2 Å². The predicted octanol–water partition coefficient (Wildman–Crippen LogP) is 5.53. The van der Waals surface area contributed by atoms with Gasteiger partial charge in [0.15, 0.2) is 5.82 Å². The number of fused-ring (bicyclic) bond motifs is 2. The number of ether oxygens (including phenoxy) is 1. The van der Waals surface area contributed by atoms with Crippen molar-refractivity contribution in [1.82, 2.24) is 25.2 Å². The summed E-state index contributed by atoms with van der Waals surface area (Å²) < 4.78 is 52.6. The molecule has 2 aromatic heterocycles. The van der Waals surface area contributed by atoms with Gasteiger partial charge < -0.3 is 19.9 Å². The molecule has 0 aliphatic carbocycles. The molecule has 4 aromatic rings. The molecule has 2 saturated heterocycles. The second-order valence-corrected chi connectivity index (χ2v) is 11.8. The van der Waals surface area contributed by atoms with E-state index in [1.807, 2.05) is 26.1 Å². The quantitative estimate of drug-likeness (QED) is 0.335. The van der Waals surface area contributed by atoms with Crippen molar-refractivity contribution in [2.24, 2.45) is 0 Å². The number of benzene rings is 2. The average Bonchev–Trinajstić information content (AvgIpc) is 3.43. The predicted molar refractivity (Wildman–Crippen MR) is 149 cm³/mol. The monoisotopic (exact) mass is 576 g/mol. The topological polar surface area (TPSA) is 66.4 Å². The fraction of sp³-hybridized carbons (Fsp3) is 0.444. The second kappa shape index (κ2) is 10.3. The number of halogens is 4. The Hall–Kier alpha value is -2.73. The third kappa shape index (κ3) is 5.13. The first-order valence-corrected chi connectivity index (χ1v) is 14.1. The Morgan fingerprint density at radius 2 is 2.05 bits per heavy atom. The molecule has 0 saturated carbocycles. The van der Waals surface area contributed by atoms with Crippen LogP contribution in [0.15, 0.2) is 24.3 Å². The number of para-hydroxylation sites is 1. The summed E-state index contributed by atoms with van der Waals surface area (Å²) in [5, 5.41) is 4.00. The highest BCUT2D eigenvalue weighted by Gasteiger charge is 2.35. The van der Waals surface area contributed by atoms with Gasteiger partial charge in [0.25, 0.3) is 5.92 Å². The molecule has 6 rings (SSSR count). The molecule has 206 valence electrons. The lowest BCUT2D eigenvalue weighted by Crippen LogP contribution is -2.39. The van der Waals surface area contributed by atoms with Gasteiger partial charge in [-0.1, -0.05) is 23.7 Å². The molecule has 1 N–H and O–H groups in total. The first-order valence-electron chi connectivity index (χ1n) is 12.9. The minimum Gasteiger partial charge on any atom is -0.462 e. The van der Waals surface area contributed by atoms with E-state index < -0.39 is 24.8 Å². The number of likely N-dealkylation sites (tertiary alicyclic amines) is 1. The van der Waals surface area contributed by atoms with Crippen LogP contribution in [0.5, 0.6) is 6.01 Å². The molecule has 0 unspecified atom stereocenters. The van der Waals surface area contributed by atoms with Crippen LogP contribution in [-0.4, -0.2) is 78.2 Å². The van der Waals surface area contributed by atoms with Gasteiger partial charge in [0.1, 0.15) is 17.9 Å². The molecule has 39 heavy (non-hydrogen) atoms. The van der Waals surface area contributed by atoms with Gasteiger partial charge in [0.2, 0.25) is 0 Å². The Balaban J connectivity index is 1.51. The smallest absolute Gasteiger partial charge is 0.319 e. The summed E-state index contributed by atoms with van der Waals surface area (Å²) in [6.45, 7) is 2.73. The zero-order valence-corrected chi connectivity index (χ0v) is 23.2. The third-order valence-electron chi connectivity index (χ3n) is 7.38. The highest BCUT2D eigenvalue weighted by Crippen LogP contribution is 2.42. The van der Waals surface area contributed by atoms with E-state index in [1.165, 1.54) is 16.2 Å². The molecule has 4 heterocycles. The maximum atomic E-state index is 16.5. The number of hydrogen-bond donors (Lipinski definition) is 1. The number of aromatic nitrogens is 3. The van der Waals surface area contributed by atoms with E-state index in [4.69, 9.17) is 16.3 Å². The summed E-state index contributed by atoms with van der Waals surface area (Å²) in [6, 6.07) is 7.22. The first kappa shape index (κ1) is 26.5. The van der Waals surface area contributed by atoms with Gasteiger partial charge in [-0.15, -0.1) is 11.3 Å². The average molecular weight is 577 g/mol. The van der Waals surface area contributed by atoms with Gasteiger partial charge in [-0.25, -0.2) is 18.2 Å². The Labute approximate surface area is 233 Å². The molecular weight excluding hydrogens is 549 g/mol. The minimum absolute atomic E-state index is 0.0290. The number of nitrogens with one attached hydrogen (secondary N) is 1. The standard InChI is InChI=1S/C27H28ClF3N6OS/c1-15-33-23-17(6-3-7-20(23)39-15)21-19(28)11-18-24(22(21)29)34-26(38-12-16-5-4-9-36(16)2)35-25(18)37-10-8-32-13-27(30,31)14-37/h3,6-7,11,16,32H,4-5,8-10,12-14H2,1-2H3/t16-/m0/s1. The summed E-state index contributed by atoms with van der Waals surface area (Å²) >= 11 is 8.23. The molecule has 0 spiro atoms. The molecule has 0 amide bonds. The maximum absolute atomic E-state index is 16.5. The molecule has 2 fully saturated rings. The van der Waals surface area contributed by atoms with Gasteiger partial charge in [-0.05, 0) is 45.5 Å². The Bertz CT molecular complexity index is 1550. The minimum atomic E-state index is -3.00. The molecule has 7 nitrogen and oxygen atoms in total. The van der Waals surface area contributed by atoms with E-state index >= 15 is 4.39 Å². The Morgan fingerprint density at radius 1 is 1.21 bits per heavy atom. The Kier molecular flexibility index (Phi) is 7.03. The SMILES string of the molecule is Cc1nc2c(-c3c(Cl)cc4c(N5CCNCC(F)(F)C5)nc(OC[C@@H]5CCCN5C)nc4c3F)cccc2s1. The van der Waals surface area contributed by atoms with Crippen molar-refractivity contribution >= 4 is 49.9 Å². The van der Waals surface area contributed by atoms with Crippen molar-refractivity contribution in [3.8, 4) is 17.1 Å². The van der Waals surface area contributed by atoms with E-state index in [9.17, 15) is 8.78 Å². The van der Waals surface area contributed by atoms with Gasteiger partial charge >= 0.3 is 6.01 Å². The van der Waals surface area contributed by atoms with Crippen molar-refractivity contribution in [3.05, 3.63) is 40.1 Å². The van der Waals surface area contributed by atoms with Crippen LogP contribution in [-0.2, 0) is 0 Å². The molecule has 12 heteroatoms. The number of nitrogens with zero attached hydrogens (tertiary/aromatic N) is 5. The summed E-state index contributed by atoms with van der Waals surface area (Å²) in [5.74, 6) is -3.49. The summed E-state index contributed by atoms with van der Waals surface area (Å²) in [5.41, 5.74) is 1.32. The fourth-order valence-corrected chi connectivity index (χ4v) is 6.56. The summed E-state index contributed by atoms with van der Waals surface area (Å²) in [4.78, 5) is 17.2. The number of aryl methyl sites for hydroxylation is 1. The van der Waals surface area contributed by atoms with Gasteiger partial charge in [0, 0.05) is 35.6 Å². The van der Waals surface area contributed by atoms with Crippen LogP contribution in [0, 0.1) is 12.7 Å². The van der Waals surface area contributed by atoms with Crippen LogP contribution in [0.4, 0.5) is 19.0 Å². The van der Waals surface area contributed by atoms with E-state index in [-0.39, 0.29) is 45.9 Å². The van der Waals surface area contributed by atoms with Crippen molar-refractivity contribution < 1.29 is 17.9 Å². The Morgan fingerprint density at radius 3 is 2.85 bits per heavy atom. The number of likely N-dealkylation sites (N-methyl/N-ethyl adjacent to an activating group) is 1. The highest BCUT2D eigenvalue weighted by molar-refractivity contribution is 7.18. The number of anilines is 1. The number of alkyl halides is 2. The lowest BCUT2D eigenvalue weighted by molar-refractivity contribution is 0.0156. The lowest BCUT2D eigenvalue weighted by atomic mass is 10.0.